The highest BCUT2D eigenvalue weighted by Crippen LogP contribution is 2.57. The fraction of sp³-hybridized carbons (Fsp3) is 0.371. The van der Waals surface area contributed by atoms with Crippen LogP contribution in [-0.2, 0) is 14.3 Å². The summed E-state index contributed by atoms with van der Waals surface area (Å²) < 4.78 is 17.1. The van der Waals surface area contributed by atoms with Crippen LogP contribution in [0.25, 0.3) is 11.1 Å². The van der Waals surface area contributed by atoms with Crippen molar-refractivity contribution in [3.63, 3.8) is 0 Å². The molecule has 0 aromatic heterocycles. The van der Waals surface area contributed by atoms with Gasteiger partial charge in [-0.1, -0.05) is 6.07 Å². The molecule has 3 aliphatic rings. The van der Waals surface area contributed by atoms with Crippen molar-refractivity contribution in [3.05, 3.63) is 68.8 Å². The number of ether oxygens (including phenoxy) is 3. The second kappa shape index (κ2) is 12.9. The first-order valence-corrected chi connectivity index (χ1v) is 15.9. The number of carboxylic acids is 1. The Morgan fingerprint density at radius 2 is 1.51 bits per heavy atom. The number of ketones is 2. The fourth-order valence-electron chi connectivity index (χ4n) is 7.10. The maximum atomic E-state index is 13.9. The number of carbonyl (C=O) groups is 4. The Morgan fingerprint density at radius 1 is 0.882 bits per heavy atom. The summed E-state index contributed by atoms with van der Waals surface area (Å²) in [4.78, 5) is 52.7. The number of aryl methyl sites for hydroxylation is 1. The monoisotopic (exact) mass is 708 g/mol. The molecule has 6 rings (SSSR count). The lowest BCUT2D eigenvalue weighted by molar-refractivity contribution is -0.295. The van der Waals surface area contributed by atoms with Gasteiger partial charge in [-0.3, -0.25) is 19.2 Å². The highest BCUT2D eigenvalue weighted by molar-refractivity contribution is 6.31. The Morgan fingerprint density at radius 3 is 2.14 bits per heavy atom. The molecule has 8 atom stereocenters. The van der Waals surface area contributed by atoms with Crippen molar-refractivity contribution in [3.8, 4) is 34.1 Å². The maximum absolute atomic E-state index is 13.9. The van der Waals surface area contributed by atoms with E-state index in [1.165, 1.54) is 33.1 Å². The van der Waals surface area contributed by atoms with E-state index >= 15 is 0 Å². The minimum Gasteiger partial charge on any atom is -0.507 e. The first-order valence-electron chi connectivity index (χ1n) is 15.9. The Balaban J connectivity index is 1.58. The Bertz CT molecular complexity index is 2010. The second-order valence-corrected chi connectivity index (χ2v) is 12.8. The number of phenolic OH excluding ortho intramolecular Hbond substituents is 3. The number of fused-ring (bicyclic) bond motifs is 5. The van der Waals surface area contributed by atoms with Crippen molar-refractivity contribution in [1.82, 2.24) is 10.6 Å². The van der Waals surface area contributed by atoms with Gasteiger partial charge in [0.25, 0.3) is 5.91 Å². The van der Waals surface area contributed by atoms with E-state index in [1.54, 1.807) is 14.0 Å². The number of likely N-dealkylation sites (N-methyl/N-ethyl adjacent to an activating group) is 1. The van der Waals surface area contributed by atoms with Gasteiger partial charge in [-0.2, -0.15) is 0 Å². The quantitative estimate of drug-likeness (QED) is 0.129. The maximum Gasteiger partial charge on any atom is 0.325 e. The van der Waals surface area contributed by atoms with Crippen molar-refractivity contribution in [2.24, 2.45) is 0 Å². The molecule has 3 aromatic carbocycles. The number of amides is 1. The average molecular weight is 709 g/mol. The lowest BCUT2D eigenvalue weighted by Crippen LogP contribution is -2.61. The van der Waals surface area contributed by atoms with Crippen molar-refractivity contribution < 1.29 is 69.1 Å². The minimum atomic E-state index is -1.80. The third-order valence-electron chi connectivity index (χ3n) is 9.70. The van der Waals surface area contributed by atoms with Gasteiger partial charge in [0.15, 0.2) is 17.9 Å². The number of rotatable bonds is 7. The molecule has 1 heterocycles. The SMILES string of the molecule is CNC1C(C)OC(OC2c3cc(C)c(C(=O)NC(C)C(=O)O)c(O)c3-c3c(cc4c(c3O)C(=O)c3cc(OC)cc(O)c3C4=O)C2O)C(O)C1O. The van der Waals surface area contributed by atoms with Gasteiger partial charge in [-0.25, -0.2) is 0 Å². The summed E-state index contributed by atoms with van der Waals surface area (Å²) in [6.45, 7) is 4.23. The van der Waals surface area contributed by atoms with Gasteiger partial charge in [0.05, 0.1) is 35.9 Å². The summed E-state index contributed by atoms with van der Waals surface area (Å²) in [6, 6.07) is 2.69. The van der Waals surface area contributed by atoms with Gasteiger partial charge < -0.3 is 60.6 Å². The van der Waals surface area contributed by atoms with Crippen molar-refractivity contribution >= 4 is 23.4 Å². The molecule has 0 bridgehead atoms. The molecule has 0 spiro atoms. The molecule has 0 saturated carbocycles. The Labute approximate surface area is 289 Å². The van der Waals surface area contributed by atoms with E-state index < -0.39 is 106 Å². The zero-order valence-corrected chi connectivity index (χ0v) is 27.9. The van der Waals surface area contributed by atoms with Gasteiger partial charge in [0.1, 0.15) is 53.5 Å². The lowest BCUT2D eigenvalue weighted by atomic mass is 9.74. The molecule has 270 valence electrons. The van der Waals surface area contributed by atoms with Crippen molar-refractivity contribution in [2.45, 2.75) is 69.7 Å². The summed E-state index contributed by atoms with van der Waals surface area (Å²) in [7, 11) is 2.84. The predicted molar refractivity (Wildman–Crippen MR) is 174 cm³/mol. The van der Waals surface area contributed by atoms with Crippen LogP contribution >= 0.6 is 0 Å². The number of phenols is 3. The van der Waals surface area contributed by atoms with Crippen LogP contribution in [0.2, 0.25) is 0 Å². The van der Waals surface area contributed by atoms with Crippen LogP contribution < -0.4 is 15.4 Å². The first-order chi connectivity index (χ1) is 24.0. The van der Waals surface area contributed by atoms with Crippen LogP contribution in [-0.4, -0.2) is 110 Å². The van der Waals surface area contributed by atoms with Crippen LogP contribution in [0, 0.1) is 6.92 Å². The Hall–Kier alpha value is -5.10. The van der Waals surface area contributed by atoms with E-state index in [0.29, 0.717) is 0 Å². The second-order valence-electron chi connectivity index (χ2n) is 12.8. The number of aromatic hydroxyl groups is 3. The third-order valence-corrected chi connectivity index (χ3v) is 9.70. The molecule has 1 amide bonds. The molecule has 2 aliphatic carbocycles. The molecular formula is C35H36N2O14. The number of carbonyl (C=O) groups excluding carboxylic acids is 3. The summed E-state index contributed by atoms with van der Waals surface area (Å²) in [5.41, 5.74) is -2.88. The predicted octanol–water partition coefficient (Wildman–Crippen LogP) is 0.925. The number of methoxy groups -OCH3 is 1. The summed E-state index contributed by atoms with van der Waals surface area (Å²) in [6.07, 6.45) is -8.68. The molecule has 16 heteroatoms. The number of hydrogen-bond donors (Lipinski definition) is 9. The van der Waals surface area contributed by atoms with Crippen LogP contribution in [0.15, 0.2) is 24.3 Å². The summed E-state index contributed by atoms with van der Waals surface area (Å²) in [5, 5.41) is 82.5. The van der Waals surface area contributed by atoms with Crippen molar-refractivity contribution in [1.29, 1.82) is 0 Å². The van der Waals surface area contributed by atoms with Gasteiger partial charge in [0, 0.05) is 28.3 Å². The fourth-order valence-corrected chi connectivity index (χ4v) is 7.10. The molecular weight excluding hydrogens is 672 g/mol. The number of benzene rings is 3. The largest absolute Gasteiger partial charge is 0.507 e. The molecule has 0 radical (unpaired) electrons. The highest BCUT2D eigenvalue weighted by atomic mass is 16.7. The number of hydrogen-bond acceptors (Lipinski definition) is 14. The summed E-state index contributed by atoms with van der Waals surface area (Å²) >= 11 is 0. The Kier molecular flexibility index (Phi) is 9.03. The topological polar surface area (TPSA) is 262 Å². The van der Waals surface area contributed by atoms with Crippen molar-refractivity contribution in [2.75, 3.05) is 14.2 Å². The number of carboxylic acid groups (broad SMARTS) is 1. The van der Waals surface area contributed by atoms with E-state index in [9.17, 15) is 54.9 Å². The van der Waals surface area contributed by atoms with E-state index in [0.717, 1.165) is 12.1 Å². The lowest BCUT2D eigenvalue weighted by Gasteiger charge is -2.44. The average Bonchev–Trinajstić information content (AvgIpc) is 3.07. The van der Waals surface area contributed by atoms with Crippen LogP contribution in [0.1, 0.15) is 84.9 Å². The van der Waals surface area contributed by atoms with E-state index in [1.807, 2.05) is 0 Å². The highest BCUT2D eigenvalue weighted by Gasteiger charge is 2.48. The van der Waals surface area contributed by atoms with E-state index in [2.05, 4.69) is 10.6 Å². The van der Waals surface area contributed by atoms with E-state index in [-0.39, 0.29) is 44.7 Å². The number of aliphatic hydroxyl groups is 3. The van der Waals surface area contributed by atoms with Gasteiger partial charge in [-0.05, 0) is 56.6 Å². The van der Waals surface area contributed by atoms with E-state index in [4.69, 9.17) is 14.2 Å². The zero-order valence-electron chi connectivity index (χ0n) is 27.9. The summed E-state index contributed by atoms with van der Waals surface area (Å²) in [5.74, 6) is -6.33. The molecule has 16 nitrogen and oxygen atoms in total. The van der Waals surface area contributed by atoms with Crippen LogP contribution in [0.5, 0.6) is 23.0 Å². The van der Waals surface area contributed by atoms with Crippen LogP contribution in [0.4, 0.5) is 0 Å². The van der Waals surface area contributed by atoms with Gasteiger partial charge >= 0.3 is 5.97 Å². The third kappa shape index (κ3) is 5.47. The minimum absolute atomic E-state index is 0.0426. The molecule has 3 aromatic rings. The molecule has 51 heavy (non-hydrogen) atoms. The molecule has 1 fully saturated rings. The number of aliphatic carboxylic acids is 1. The molecule has 1 saturated heterocycles. The molecule has 9 N–H and O–H groups in total. The number of aliphatic hydroxyl groups excluding tert-OH is 3. The van der Waals surface area contributed by atoms with Gasteiger partial charge in [0.2, 0.25) is 0 Å². The normalized spacial score (nSPS) is 25.6. The standard InChI is InChI=1S/C35H36N2O14/c1-10-6-17-22(28(42)19(10)33(46)37-11(2)34(47)48)21-15(27(41)32(17)51-35-31(45)30(44)24(36-4)12(3)50-35)9-16-23(29(21)43)26(40)14-7-13(49-5)8-18(38)20(14)25(16)39/h6-9,11-12,24,27,30-32,35-36,38,41-45H,1-5H3,(H,37,46)(H,47,48). The first kappa shape index (κ1) is 35.7. The van der Waals surface area contributed by atoms with Crippen LogP contribution in [0.3, 0.4) is 0 Å². The van der Waals surface area contributed by atoms with Gasteiger partial charge in [-0.15, -0.1) is 0 Å². The smallest absolute Gasteiger partial charge is 0.325 e. The molecule has 1 aliphatic heterocycles. The number of nitrogens with one attached hydrogen (secondary N) is 2. The molecule has 8 unspecified atom stereocenters. The zero-order chi connectivity index (χ0) is 37.4.